The number of phenolic OH excluding ortho intramolecular Hbond substituents is 1. The van der Waals surface area contributed by atoms with Gasteiger partial charge in [-0.25, -0.2) is 4.98 Å². The van der Waals surface area contributed by atoms with Crippen LogP contribution in [0.1, 0.15) is 24.0 Å². The summed E-state index contributed by atoms with van der Waals surface area (Å²) in [7, 11) is 0. The molecule has 134 valence electrons. The fourth-order valence-corrected chi connectivity index (χ4v) is 2.85. The molecule has 1 aromatic heterocycles. The Balaban J connectivity index is 1.58. The van der Waals surface area contributed by atoms with Crippen molar-refractivity contribution in [3.63, 3.8) is 0 Å². The first kappa shape index (κ1) is 17.4. The minimum atomic E-state index is -4.37. The summed E-state index contributed by atoms with van der Waals surface area (Å²) >= 11 is 0. The number of piperidine rings is 1. The van der Waals surface area contributed by atoms with Gasteiger partial charge in [0.05, 0.1) is 5.56 Å². The molecule has 0 amide bonds. The molecule has 1 saturated heterocycles. The van der Waals surface area contributed by atoms with E-state index in [2.05, 4.69) is 4.98 Å². The maximum atomic E-state index is 12.6. The molecule has 0 unspecified atom stereocenters. The Morgan fingerprint density at radius 1 is 1.16 bits per heavy atom. The lowest BCUT2D eigenvalue weighted by Crippen LogP contribution is -2.38. The summed E-state index contributed by atoms with van der Waals surface area (Å²) < 4.78 is 43.6. The number of rotatable bonds is 3. The summed E-state index contributed by atoms with van der Waals surface area (Å²) in [6.45, 7) is 3.16. The lowest BCUT2D eigenvalue weighted by atomic mass is 10.1. The highest BCUT2D eigenvalue weighted by Gasteiger charge is 2.31. The summed E-state index contributed by atoms with van der Waals surface area (Å²) in [4.78, 5) is 5.87. The van der Waals surface area contributed by atoms with Crippen molar-refractivity contribution in [3.05, 3.63) is 47.7 Å². The maximum absolute atomic E-state index is 12.6. The third-order valence-electron chi connectivity index (χ3n) is 4.25. The summed E-state index contributed by atoms with van der Waals surface area (Å²) in [5, 5.41) is 9.91. The summed E-state index contributed by atoms with van der Waals surface area (Å²) in [6.07, 6.45) is -2.14. The first-order valence-electron chi connectivity index (χ1n) is 8.07. The van der Waals surface area contributed by atoms with Crippen LogP contribution in [0.3, 0.4) is 0 Å². The highest BCUT2D eigenvalue weighted by molar-refractivity contribution is 5.42. The number of pyridine rings is 1. The lowest BCUT2D eigenvalue weighted by Gasteiger charge is -2.33. The number of aryl methyl sites for hydroxylation is 1. The van der Waals surface area contributed by atoms with Gasteiger partial charge in [0.25, 0.3) is 0 Å². The van der Waals surface area contributed by atoms with Gasteiger partial charge in [-0.3, -0.25) is 0 Å². The Morgan fingerprint density at radius 3 is 2.44 bits per heavy atom. The van der Waals surface area contributed by atoms with Crippen molar-refractivity contribution < 1.29 is 23.0 Å². The molecule has 4 nitrogen and oxygen atoms in total. The standard InChI is InChI=1S/C18H19F3N2O2/c1-12-2-4-16(15(24)10-12)25-14-6-8-23(9-7-14)17-5-3-13(11-22-17)18(19,20)21/h2-5,10-11,14,24H,6-9H2,1H3. The number of anilines is 1. The molecule has 1 aliphatic rings. The van der Waals surface area contributed by atoms with Crippen LogP contribution in [0.4, 0.5) is 19.0 Å². The molecule has 1 aliphatic heterocycles. The van der Waals surface area contributed by atoms with Gasteiger partial charge >= 0.3 is 6.18 Å². The Kier molecular flexibility index (Phi) is 4.74. The molecule has 1 aromatic carbocycles. The molecule has 2 heterocycles. The van der Waals surface area contributed by atoms with Gasteiger partial charge in [-0.1, -0.05) is 6.07 Å². The van der Waals surface area contributed by atoms with E-state index in [1.54, 1.807) is 12.1 Å². The smallest absolute Gasteiger partial charge is 0.417 e. The van der Waals surface area contributed by atoms with Crippen molar-refractivity contribution in [2.75, 3.05) is 18.0 Å². The molecule has 1 fully saturated rings. The van der Waals surface area contributed by atoms with Crippen molar-refractivity contribution in [2.45, 2.75) is 32.0 Å². The fraction of sp³-hybridized carbons (Fsp3) is 0.389. The predicted octanol–water partition coefficient (Wildman–Crippen LogP) is 4.16. The summed E-state index contributed by atoms with van der Waals surface area (Å²) in [5.74, 6) is 1.10. The number of phenols is 1. The van der Waals surface area contributed by atoms with Crippen molar-refractivity contribution in [2.24, 2.45) is 0 Å². The first-order valence-corrected chi connectivity index (χ1v) is 8.07. The molecule has 0 aliphatic carbocycles. The van der Waals surface area contributed by atoms with Crippen LogP contribution in [-0.2, 0) is 6.18 Å². The lowest BCUT2D eigenvalue weighted by molar-refractivity contribution is -0.137. The molecular weight excluding hydrogens is 333 g/mol. The van der Waals surface area contributed by atoms with Gasteiger partial charge in [-0.15, -0.1) is 0 Å². The highest BCUT2D eigenvalue weighted by Crippen LogP contribution is 2.31. The van der Waals surface area contributed by atoms with Gasteiger partial charge in [-0.2, -0.15) is 13.2 Å². The number of aromatic nitrogens is 1. The van der Waals surface area contributed by atoms with E-state index in [1.165, 1.54) is 6.07 Å². The Labute approximate surface area is 143 Å². The quantitative estimate of drug-likeness (QED) is 0.901. The van der Waals surface area contributed by atoms with Crippen LogP contribution in [0.15, 0.2) is 36.5 Å². The Hall–Kier alpha value is -2.44. The zero-order valence-corrected chi connectivity index (χ0v) is 13.8. The molecule has 1 N–H and O–H groups in total. The second kappa shape index (κ2) is 6.82. The van der Waals surface area contributed by atoms with E-state index in [9.17, 15) is 18.3 Å². The third-order valence-corrected chi connectivity index (χ3v) is 4.25. The number of ether oxygens (including phenoxy) is 1. The molecular formula is C18H19F3N2O2. The van der Waals surface area contributed by atoms with E-state index in [4.69, 9.17) is 4.74 Å². The largest absolute Gasteiger partial charge is 0.504 e. The zero-order chi connectivity index (χ0) is 18.0. The van der Waals surface area contributed by atoms with Crippen LogP contribution in [0, 0.1) is 6.92 Å². The van der Waals surface area contributed by atoms with Gasteiger partial charge in [0.2, 0.25) is 0 Å². The number of halogens is 3. The average molecular weight is 352 g/mol. The number of hydrogen-bond acceptors (Lipinski definition) is 4. The molecule has 2 aromatic rings. The predicted molar refractivity (Wildman–Crippen MR) is 87.9 cm³/mol. The van der Waals surface area contributed by atoms with Gasteiger partial charge in [0.1, 0.15) is 11.9 Å². The molecule has 0 atom stereocenters. The van der Waals surface area contributed by atoms with E-state index in [-0.39, 0.29) is 11.9 Å². The Bertz CT molecular complexity index is 724. The zero-order valence-electron chi connectivity index (χ0n) is 13.8. The van der Waals surface area contributed by atoms with E-state index < -0.39 is 11.7 Å². The molecule has 0 radical (unpaired) electrons. The van der Waals surface area contributed by atoms with Crippen molar-refractivity contribution in [1.29, 1.82) is 0 Å². The topological polar surface area (TPSA) is 45.6 Å². The minimum Gasteiger partial charge on any atom is -0.504 e. The molecule has 3 rings (SSSR count). The number of alkyl halides is 3. The molecule has 7 heteroatoms. The third kappa shape index (κ3) is 4.15. The average Bonchev–Trinajstić information content (AvgIpc) is 2.57. The van der Waals surface area contributed by atoms with Gasteiger partial charge < -0.3 is 14.7 Å². The van der Waals surface area contributed by atoms with E-state index in [0.29, 0.717) is 37.5 Å². The van der Waals surface area contributed by atoms with Crippen molar-refractivity contribution in [1.82, 2.24) is 4.98 Å². The molecule has 0 spiro atoms. The monoisotopic (exact) mass is 352 g/mol. The van der Waals surface area contributed by atoms with Crippen LogP contribution >= 0.6 is 0 Å². The number of hydrogen-bond donors (Lipinski definition) is 1. The van der Waals surface area contributed by atoms with Crippen molar-refractivity contribution >= 4 is 5.82 Å². The second-order valence-corrected chi connectivity index (χ2v) is 6.18. The second-order valence-electron chi connectivity index (χ2n) is 6.18. The van der Waals surface area contributed by atoms with Gasteiger partial charge in [0, 0.05) is 32.1 Å². The van der Waals surface area contributed by atoms with Crippen LogP contribution in [0.25, 0.3) is 0 Å². The van der Waals surface area contributed by atoms with Crippen LogP contribution in [0.2, 0.25) is 0 Å². The summed E-state index contributed by atoms with van der Waals surface area (Å²) in [6, 6.07) is 7.71. The van der Waals surface area contributed by atoms with E-state index in [0.717, 1.165) is 17.8 Å². The minimum absolute atomic E-state index is 0.0423. The number of nitrogens with zero attached hydrogens (tertiary/aromatic N) is 2. The van der Waals surface area contributed by atoms with Crippen LogP contribution in [-0.4, -0.2) is 29.3 Å². The van der Waals surface area contributed by atoms with Gasteiger partial charge in [-0.05, 0) is 36.8 Å². The first-order chi connectivity index (χ1) is 11.8. The molecule has 0 saturated carbocycles. The van der Waals surface area contributed by atoms with E-state index >= 15 is 0 Å². The van der Waals surface area contributed by atoms with Crippen LogP contribution < -0.4 is 9.64 Å². The normalized spacial score (nSPS) is 16.1. The highest BCUT2D eigenvalue weighted by atomic mass is 19.4. The van der Waals surface area contributed by atoms with E-state index in [1.807, 2.05) is 17.9 Å². The SMILES string of the molecule is Cc1ccc(OC2CCN(c3ccc(C(F)(F)F)cn3)CC2)c(O)c1. The fourth-order valence-electron chi connectivity index (χ4n) is 2.85. The van der Waals surface area contributed by atoms with Crippen molar-refractivity contribution in [3.8, 4) is 11.5 Å². The molecule has 0 bridgehead atoms. The number of aromatic hydroxyl groups is 1. The molecule has 25 heavy (non-hydrogen) atoms. The Morgan fingerprint density at radius 2 is 1.88 bits per heavy atom. The maximum Gasteiger partial charge on any atom is 0.417 e. The van der Waals surface area contributed by atoms with Crippen LogP contribution in [0.5, 0.6) is 11.5 Å². The van der Waals surface area contributed by atoms with Gasteiger partial charge in [0.15, 0.2) is 11.5 Å². The summed E-state index contributed by atoms with van der Waals surface area (Å²) in [5.41, 5.74) is 0.206. The number of benzene rings is 1.